The maximum absolute atomic E-state index is 12.2. The van der Waals surface area contributed by atoms with Gasteiger partial charge in [0.1, 0.15) is 6.10 Å². The van der Waals surface area contributed by atoms with E-state index in [9.17, 15) is 10.2 Å². The van der Waals surface area contributed by atoms with Crippen molar-refractivity contribution < 1.29 is 19.1 Å². The predicted octanol–water partition coefficient (Wildman–Crippen LogP) is 2.51. The number of aromatic hydroxyl groups is 1. The maximum Gasteiger partial charge on any atom is 0.166 e. The van der Waals surface area contributed by atoms with E-state index in [0.717, 1.165) is 16.7 Å². The normalized spacial score (nSPS) is 45.0. The van der Waals surface area contributed by atoms with E-state index in [2.05, 4.69) is 6.58 Å². The second-order valence-electron chi connectivity index (χ2n) is 8.38. The fourth-order valence-corrected chi connectivity index (χ4v) is 5.97. The van der Waals surface area contributed by atoms with E-state index < -0.39 is 35.6 Å². The number of piperidine rings is 1. The van der Waals surface area contributed by atoms with Gasteiger partial charge in [0, 0.05) is 22.2 Å². The van der Waals surface area contributed by atoms with Crippen LogP contribution in [0, 0.1) is 5.89 Å². The number of phenolic OH excluding ortho intramolecular Hbond substituents is 1. The van der Waals surface area contributed by atoms with Gasteiger partial charge in [0.2, 0.25) is 0 Å². The molecule has 5 aliphatic rings. The lowest BCUT2D eigenvalue weighted by molar-refractivity contribution is -0.174. The van der Waals surface area contributed by atoms with Crippen LogP contribution >= 0.6 is 0 Å². The summed E-state index contributed by atoms with van der Waals surface area (Å²) in [6, 6.07) is 3.11. The molecule has 6 rings (SSSR count). The van der Waals surface area contributed by atoms with Crippen LogP contribution in [0.4, 0.5) is 0 Å². The molecule has 0 radical (unpaired) electrons. The number of nitrogens with zero attached hydrogens (tertiary/aromatic N) is 1. The van der Waals surface area contributed by atoms with Crippen molar-refractivity contribution >= 4 is 0 Å². The number of likely N-dealkylation sites (tertiary alicyclic amines) is 1. The molecular weight excluding hydrogens is 314 g/mol. The molecular formula is C21H25NO3. The van der Waals surface area contributed by atoms with Crippen LogP contribution in [-0.2, 0) is 11.8 Å². The van der Waals surface area contributed by atoms with E-state index in [0.29, 0.717) is 50.8 Å². The van der Waals surface area contributed by atoms with Crippen LogP contribution < -0.4 is 4.74 Å². The lowest BCUT2D eigenvalue weighted by Crippen LogP contribution is -2.75. The predicted molar refractivity (Wildman–Crippen MR) is 93.9 cm³/mol. The van der Waals surface area contributed by atoms with Crippen LogP contribution in [0.3, 0.4) is 0 Å². The minimum Gasteiger partial charge on any atom is -0.504 e. The minimum atomic E-state index is -1.78. The molecule has 2 bridgehead atoms. The molecule has 4 atom stereocenters. The maximum atomic E-state index is 12.2. The molecule has 0 aromatic heterocycles. The molecule has 4 nitrogen and oxygen atoms in total. The third-order valence-corrected chi connectivity index (χ3v) is 7.21. The van der Waals surface area contributed by atoms with Gasteiger partial charge < -0.3 is 14.9 Å². The van der Waals surface area contributed by atoms with Crippen molar-refractivity contribution in [3.63, 3.8) is 0 Å². The topological polar surface area (TPSA) is 52.9 Å². The largest absolute Gasteiger partial charge is 0.504 e. The van der Waals surface area contributed by atoms with E-state index in [-0.39, 0.29) is 5.75 Å². The number of ether oxygens (including phenoxy) is 1. The standard InChI is InChI=1S/C21H25NO3/c1-12-6-7-21(24)16-10-14-4-5-15(23)18-17(14)20(21,19(12)25-18)8-9-22(16)11-13-2-3-13/h4-5,13,16,19,23-24H,1-3,6-11H2/t16?,19-,20-,21+/m0/s1/i11D2,13D. The molecule has 4 heteroatoms. The SMILES string of the molecule is [2H]C1(C([2H])([2H])N2CC[C@]34c5c6ccc(O)c5O[C@H]3C(=C)CC[C@@]4(O)C2C6)CC1. The van der Waals surface area contributed by atoms with E-state index in [1.54, 1.807) is 11.0 Å². The summed E-state index contributed by atoms with van der Waals surface area (Å²) in [5, 5.41) is 22.6. The Hall–Kier alpha value is -1.52. The van der Waals surface area contributed by atoms with Gasteiger partial charge in [0.05, 0.1) is 11.0 Å². The summed E-state index contributed by atoms with van der Waals surface area (Å²) in [4.78, 5) is 1.77. The third kappa shape index (κ3) is 1.57. The molecule has 1 unspecified atom stereocenters. The van der Waals surface area contributed by atoms with Crippen molar-refractivity contribution in [1.82, 2.24) is 4.90 Å². The summed E-state index contributed by atoms with van der Waals surface area (Å²) in [6.45, 7) is 2.89. The molecule has 25 heavy (non-hydrogen) atoms. The Balaban J connectivity index is 1.58. The minimum absolute atomic E-state index is 0.0944. The molecule has 1 saturated heterocycles. The van der Waals surface area contributed by atoms with Gasteiger partial charge in [-0.3, -0.25) is 4.90 Å². The number of benzene rings is 1. The molecule has 2 heterocycles. The number of phenols is 1. The summed E-state index contributed by atoms with van der Waals surface area (Å²) >= 11 is 0. The molecule has 132 valence electrons. The van der Waals surface area contributed by atoms with Crippen LogP contribution in [0.5, 0.6) is 11.5 Å². The fraction of sp³-hybridized carbons (Fsp3) is 0.619. The molecule has 1 aromatic rings. The average molecular weight is 342 g/mol. The van der Waals surface area contributed by atoms with Gasteiger partial charge in [-0.15, -0.1) is 0 Å². The first-order valence-electron chi connectivity index (χ1n) is 10.8. The lowest BCUT2D eigenvalue weighted by atomic mass is 9.48. The Bertz CT molecular complexity index is 930. The van der Waals surface area contributed by atoms with Crippen LogP contribution in [0.2, 0.25) is 0 Å². The number of hydrogen-bond acceptors (Lipinski definition) is 4. The highest BCUT2D eigenvalue weighted by Gasteiger charge is 2.71. The molecule has 3 fully saturated rings. The van der Waals surface area contributed by atoms with Crippen molar-refractivity contribution in [1.29, 1.82) is 0 Å². The average Bonchev–Trinajstić information content (AvgIpc) is 3.29. The summed E-state index contributed by atoms with van der Waals surface area (Å²) in [6.07, 6.45) is 2.87. The summed E-state index contributed by atoms with van der Waals surface area (Å²) in [5.74, 6) is -0.520. The Morgan fingerprint density at radius 2 is 2.24 bits per heavy atom. The highest BCUT2D eigenvalue weighted by atomic mass is 16.5. The zero-order valence-corrected chi connectivity index (χ0v) is 14.2. The Morgan fingerprint density at radius 3 is 3.04 bits per heavy atom. The number of hydrogen-bond donors (Lipinski definition) is 2. The molecule has 2 aliphatic heterocycles. The first-order chi connectivity index (χ1) is 13.2. The van der Waals surface area contributed by atoms with Crippen molar-refractivity contribution in [2.75, 3.05) is 13.0 Å². The quantitative estimate of drug-likeness (QED) is 0.811. The molecule has 3 aliphatic carbocycles. The second-order valence-corrected chi connectivity index (χ2v) is 8.38. The van der Waals surface area contributed by atoms with Gasteiger partial charge >= 0.3 is 0 Å². The Morgan fingerprint density at radius 1 is 1.40 bits per heavy atom. The highest BCUT2D eigenvalue weighted by molar-refractivity contribution is 5.63. The third-order valence-electron chi connectivity index (χ3n) is 7.21. The van der Waals surface area contributed by atoms with Crippen LogP contribution in [-0.4, -0.2) is 45.9 Å². The Kier molecular flexibility index (Phi) is 2.11. The summed E-state index contributed by atoms with van der Waals surface area (Å²) in [5.41, 5.74) is 0.990. The van der Waals surface area contributed by atoms with Crippen molar-refractivity contribution in [3.8, 4) is 11.5 Å². The van der Waals surface area contributed by atoms with E-state index in [1.807, 2.05) is 6.07 Å². The first-order valence-corrected chi connectivity index (χ1v) is 9.34. The zero-order valence-electron chi connectivity index (χ0n) is 17.2. The van der Waals surface area contributed by atoms with Crippen molar-refractivity contribution in [2.24, 2.45) is 5.89 Å². The second kappa shape index (κ2) is 4.41. The van der Waals surface area contributed by atoms with Gasteiger partial charge in [-0.25, -0.2) is 0 Å². The lowest BCUT2D eigenvalue weighted by Gasteiger charge is -2.63. The Labute approximate surface area is 152 Å². The van der Waals surface area contributed by atoms with Gasteiger partial charge in [-0.1, -0.05) is 12.6 Å². The monoisotopic (exact) mass is 342 g/mol. The summed E-state index contributed by atoms with van der Waals surface area (Å²) in [7, 11) is 0. The van der Waals surface area contributed by atoms with Gasteiger partial charge in [-0.2, -0.15) is 0 Å². The molecule has 2 N–H and O–H groups in total. The van der Waals surface area contributed by atoms with Crippen molar-refractivity contribution in [2.45, 2.75) is 61.7 Å². The van der Waals surface area contributed by atoms with Crippen LogP contribution in [0.1, 0.15) is 47.3 Å². The van der Waals surface area contributed by atoms with Crippen molar-refractivity contribution in [3.05, 3.63) is 35.4 Å². The molecule has 0 amide bonds. The first kappa shape index (κ1) is 12.0. The summed E-state index contributed by atoms with van der Waals surface area (Å²) < 4.78 is 32.3. The van der Waals surface area contributed by atoms with Crippen LogP contribution in [0.15, 0.2) is 24.3 Å². The van der Waals surface area contributed by atoms with E-state index >= 15 is 0 Å². The molecule has 1 spiro atoms. The number of aliphatic hydroxyl groups is 1. The smallest absolute Gasteiger partial charge is 0.166 e. The van der Waals surface area contributed by atoms with E-state index in [1.165, 1.54) is 0 Å². The van der Waals surface area contributed by atoms with Gasteiger partial charge in [0.15, 0.2) is 11.5 Å². The van der Waals surface area contributed by atoms with E-state index in [4.69, 9.17) is 8.85 Å². The highest BCUT2D eigenvalue weighted by Crippen LogP contribution is 2.66. The fourth-order valence-electron chi connectivity index (χ4n) is 5.97. The zero-order chi connectivity index (χ0) is 19.7. The van der Waals surface area contributed by atoms with Gasteiger partial charge in [-0.05, 0) is 68.2 Å². The molecule has 1 aromatic carbocycles. The molecule has 2 saturated carbocycles. The number of rotatable bonds is 2. The van der Waals surface area contributed by atoms with Gasteiger partial charge in [0.25, 0.3) is 0 Å². The van der Waals surface area contributed by atoms with Crippen LogP contribution in [0.25, 0.3) is 0 Å².